The molecule has 0 spiro atoms. The molecule has 1 aromatic rings. The summed E-state index contributed by atoms with van der Waals surface area (Å²) in [6, 6.07) is 6.17. The molecule has 5 nitrogen and oxygen atoms in total. The molecule has 0 saturated carbocycles. The first-order valence-corrected chi connectivity index (χ1v) is 11.4. The molecule has 1 rings (SSSR count). The highest BCUT2D eigenvalue weighted by Crippen LogP contribution is 2.17. The van der Waals surface area contributed by atoms with E-state index in [0.717, 1.165) is 28.0 Å². The number of benzene rings is 1. The third-order valence-corrected chi connectivity index (χ3v) is 4.21. The number of aliphatic hydroxyl groups is 1. The Kier molecular flexibility index (Phi) is 17.6. The number of nitrogens with zero attached hydrogens (tertiary/aromatic N) is 2. The molecule has 1 aromatic carbocycles. The number of hydrogen-bond donors (Lipinski definition) is 3. The van der Waals surface area contributed by atoms with Crippen LogP contribution in [0, 0.1) is 6.92 Å². The molecular formula is C28H44N4O. The van der Waals surface area contributed by atoms with E-state index in [9.17, 15) is 5.11 Å². The molecule has 182 valence electrons. The Hall–Kier alpha value is -3.34. The van der Waals surface area contributed by atoms with Gasteiger partial charge in [0, 0.05) is 12.2 Å². The van der Waals surface area contributed by atoms with Gasteiger partial charge in [0.2, 0.25) is 5.88 Å². The standard InChI is InChI=1S/C24H32N4O.2C2H6/c1-9-24(29)28-20(8)27-23(14-17(5)16(3)4)19(7)26-15-21-11-12-22(25-10-2)18(6)13-21;2*1-2/h9-14,25-26,29H,2-3,7,15H2,1,4-6,8H3;2*1-2H3/b17-14+,24-9+,27-23+,28-20+;;. The average Bonchev–Trinajstić information content (AvgIpc) is 2.81. The highest BCUT2D eigenvalue weighted by atomic mass is 16.3. The summed E-state index contributed by atoms with van der Waals surface area (Å²) in [6.45, 7) is 29.8. The Bertz CT molecular complexity index is 902. The fraction of sp³-hybridized carbons (Fsp3) is 0.357. The number of aryl methyl sites for hydroxylation is 1. The highest BCUT2D eigenvalue weighted by Gasteiger charge is 2.06. The Morgan fingerprint density at radius 1 is 1.06 bits per heavy atom. The molecule has 0 amide bonds. The van der Waals surface area contributed by atoms with Crippen molar-refractivity contribution in [2.45, 2.75) is 68.9 Å². The monoisotopic (exact) mass is 452 g/mol. The minimum Gasteiger partial charge on any atom is -0.493 e. The molecule has 33 heavy (non-hydrogen) atoms. The molecule has 0 fully saturated rings. The largest absolute Gasteiger partial charge is 0.493 e. The summed E-state index contributed by atoms with van der Waals surface area (Å²) in [5, 5.41) is 16.0. The Morgan fingerprint density at radius 3 is 2.15 bits per heavy atom. The molecular weight excluding hydrogens is 408 g/mol. The maximum atomic E-state index is 9.61. The number of nitrogens with one attached hydrogen (secondary N) is 2. The van der Waals surface area contributed by atoms with Crippen molar-refractivity contribution in [1.29, 1.82) is 0 Å². The summed E-state index contributed by atoms with van der Waals surface area (Å²) in [5.74, 6) is 0.355. The predicted molar refractivity (Wildman–Crippen MR) is 149 cm³/mol. The molecule has 5 heteroatoms. The van der Waals surface area contributed by atoms with Crippen LogP contribution in [0.25, 0.3) is 0 Å². The fourth-order valence-electron chi connectivity index (χ4n) is 2.35. The van der Waals surface area contributed by atoms with Crippen molar-refractivity contribution in [3.05, 3.63) is 90.1 Å². The van der Waals surface area contributed by atoms with Crippen molar-refractivity contribution in [2.24, 2.45) is 9.98 Å². The lowest BCUT2D eigenvalue weighted by Gasteiger charge is -2.13. The van der Waals surface area contributed by atoms with Gasteiger partial charge in [-0.1, -0.05) is 65.1 Å². The lowest BCUT2D eigenvalue weighted by Crippen LogP contribution is -2.19. The van der Waals surface area contributed by atoms with Gasteiger partial charge in [-0.3, -0.25) is 0 Å². The van der Waals surface area contributed by atoms with Crippen LogP contribution in [0.3, 0.4) is 0 Å². The summed E-state index contributed by atoms with van der Waals surface area (Å²) in [6.07, 6.45) is 5.08. The van der Waals surface area contributed by atoms with Gasteiger partial charge in [-0.2, -0.15) is 4.99 Å². The van der Waals surface area contributed by atoms with E-state index in [1.54, 1.807) is 20.0 Å². The van der Waals surface area contributed by atoms with Gasteiger partial charge in [0.15, 0.2) is 0 Å². The Morgan fingerprint density at radius 2 is 1.67 bits per heavy atom. The first-order chi connectivity index (χ1) is 15.7. The minimum atomic E-state index is -0.0755. The molecule has 3 N–H and O–H groups in total. The number of aliphatic hydroxyl groups excluding tert-OH is 1. The molecule has 0 aliphatic rings. The van der Waals surface area contributed by atoms with Crippen LogP contribution >= 0.6 is 0 Å². The lowest BCUT2D eigenvalue weighted by molar-refractivity contribution is 0.405. The van der Waals surface area contributed by atoms with E-state index in [1.165, 1.54) is 6.08 Å². The van der Waals surface area contributed by atoms with Crippen molar-refractivity contribution < 1.29 is 5.11 Å². The van der Waals surface area contributed by atoms with Gasteiger partial charge in [0.05, 0.1) is 11.4 Å². The van der Waals surface area contributed by atoms with Crippen LogP contribution in [0.15, 0.2) is 89.0 Å². The zero-order valence-corrected chi connectivity index (χ0v) is 22.1. The number of rotatable bonds is 9. The quantitative estimate of drug-likeness (QED) is 0.154. The molecule has 0 aromatic heterocycles. The zero-order valence-electron chi connectivity index (χ0n) is 22.1. The van der Waals surface area contributed by atoms with Crippen LogP contribution in [0.2, 0.25) is 0 Å². The summed E-state index contributed by atoms with van der Waals surface area (Å²) >= 11 is 0. The third kappa shape index (κ3) is 13.0. The predicted octanol–water partition coefficient (Wildman–Crippen LogP) is 8.01. The van der Waals surface area contributed by atoms with Crippen molar-refractivity contribution >= 4 is 17.2 Å². The Balaban J connectivity index is 0. The third-order valence-electron chi connectivity index (χ3n) is 4.21. The van der Waals surface area contributed by atoms with Crippen LogP contribution in [-0.2, 0) is 6.54 Å². The van der Waals surface area contributed by atoms with Crippen LogP contribution in [0.4, 0.5) is 5.69 Å². The lowest BCUT2D eigenvalue weighted by atomic mass is 10.1. The smallest absolute Gasteiger partial charge is 0.208 e. The number of allylic oxidation sites excluding steroid dienone is 4. The van der Waals surface area contributed by atoms with E-state index in [0.29, 0.717) is 23.8 Å². The first kappa shape index (κ1) is 31.8. The van der Waals surface area contributed by atoms with E-state index in [1.807, 2.05) is 66.7 Å². The molecule has 0 atom stereocenters. The van der Waals surface area contributed by atoms with Crippen molar-refractivity contribution in [2.75, 3.05) is 5.32 Å². The van der Waals surface area contributed by atoms with Gasteiger partial charge in [-0.05, 0) is 75.7 Å². The number of aliphatic imine (C=N–C) groups is 2. The molecule has 0 saturated heterocycles. The van der Waals surface area contributed by atoms with Crippen molar-refractivity contribution in [1.82, 2.24) is 5.32 Å². The van der Waals surface area contributed by atoms with Gasteiger partial charge < -0.3 is 15.7 Å². The van der Waals surface area contributed by atoms with E-state index in [4.69, 9.17) is 0 Å². The van der Waals surface area contributed by atoms with Crippen LogP contribution < -0.4 is 10.6 Å². The summed E-state index contributed by atoms with van der Waals surface area (Å²) in [7, 11) is 0. The second-order valence-corrected chi connectivity index (χ2v) is 6.74. The van der Waals surface area contributed by atoms with E-state index >= 15 is 0 Å². The van der Waals surface area contributed by atoms with Gasteiger partial charge in [0.1, 0.15) is 5.84 Å². The number of anilines is 1. The Labute approximate surface area is 202 Å². The SMILES string of the molecule is C=CNc1ccc(CNC(=C)C(/C=C(\C)C(=C)C)=N/C(C)=N/C(O)=C\C)cc1C.CC.CC. The minimum absolute atomic E-state index is 0.0755. The normalized spacial score (nSPS) is 11.9. The van der Waals surface area contributed by atoms with Gasteiger partial charge in [-0.25, -0.2) is 4.99 Å². The van der Waals surface area contributed by atoms with Crippen LogP contribution in [0.5, 0.6) is 0 Å². The van der Waals surface area contributed by atoms with Gasteiger partial charge in [0.25, 0.3) is 0 Å². The second-order valence-electron chi connectivity index (χ2n) is 6.74. The molecule has 0 radical (unpaired) electrons. The maximum absolute atomic E-state index is 9.61. The zero-order chi connectivity index (χ0) is 26.0. The summed E-state index contributed by atoms with van der Waals surface area (Å²) in [4.78, 5) is 8.56. The van der Waals surface area contributed by atoms with Crippen LogP contribution in [0.1, 0.15) is 66.5 Å². The molecule has 0 bridgehead atoms. The topological polar surface area (TPSA) is 69.0 Å². The van der Waals surface area contributed by atoms with Gasteiger partial charge in [-0.15, -0.1) is 0 Å². The highest BCUT2D eigenvalue weighted by molar-refractivity contribution is 6.13. The summed E-state index contributed by atoms with van der Waals surface area (Å²) < 4.78 is 0. The fourth-order valence-corrected chi connectivity index (χ4v) is 2.35. The second kappa shape index (κ2) is 18.3. The number of hydrogen-bond acceptors (Lipinski definition) is 4. The van der Waals surface area contributed by atoms with E-state index in [-0.39, 0.29) is 5.88 Å². The molecule has 0 aliphatic heterocycles. The molecule has 0 heterocycles. The van der Waals surface area contributed by atoms with Crippen LogP contribution in [-0.4, -0.2) is 16.7 Å². The van der Waals surface area contributed by atoms with E-state index in [2.05, 4.69) is 46.4 Å². The first-order valence-electron chi connectivity index (χ1n) is 11.4. The maximum Gasteiger partial charge on any atom is 0.208 e. The van der Waals surface area contributed by atoms with Gasteiger partial charge >= 0.3 is 0 Å². The molecule has 0 unspecified atom stereocenters. The molecule has 0 aliphatic carbocycles. The van der Waals surface area contributed by atoms with E-state index < -0.39 is 0 Å². The summed E-state index contributed by atoms with van der Waals surface area (Å²) in [5.41, 5.74) is 6.51. The average molecular weight is 453 g/mol. The van der Waals surface area contributed by atoms with Crippen molar-refractivity contribution in [3.8, 4) is 0 Å². The number of amidine groups is 1. The van der Waals surface area contributed by atoms with Crippen molar-refractivity contribution in [3.63, 3.8) is 0 Å².